The number of rotatable bonds is 6. The summed E-state index contributed by atoms with van der Waals surface area (Å²) in [5.41, 5.74) is 0.851. The van der Waals surface area contributed by atoms with Crippen molar-refractivity contribution in [1.29, 1.82) is 0 Å². The summed E-state index contributed by atoms with van der Waals surface area (Å²) in [6.45, 7) is 3.64. The zero-order valence-electron chi connectivity index (χ0n) is 13.3. The molecule has 0 radical (unpaired) electrons. The zero-order valence-corrected chi connectivity index (χ0v) is 13.3. The Kier molecular flexibility index (Phi) is 5.52. The number of benzene rings is 2. The van der Waals surface area contributed by atoms with Crippen molar-refractivity contribution >= 4 is 11.9 Å². The lowest BCUT2D eigenvalue weighted by atomic mass is 10.1. The maximum atomic E-state index is 12.3. The van der Waals surface area contributed by atoms with Gasteiger partial charge in [0.15, 0.2) is 0 Å². The first kappa shape index (κ1) is 16.7. The van der Waals surface area contributed by atoms with E-state index < -0.39 is 17.7 Å². The van der Waals surface area contributed by atoms with Gasteiger partial charge in [-0.15, -0.1) is 0 Å². The second-order valence-electron chi connectivity index (χ2n) is 5.13. The topological polar surface area (TPSA) is 52.6 Å². The van der Waals surface area contributed by atoms with Crippen LogP contribution in [0.4, 0.5) is 0 Å². The van der Waals surface area contributed by atoms with E-state index in [-0.39, 0.29) is 0 Å². The Hall–Kier alpha value is -2.62. The largest absolute Gasteiger partial charge is 0.419 e. The molecular formula is C19H20O4. The maximum absolute atomic E-state index is 12.3. The van der Waals surface area contributed by atoms with Crippen LogP contribution in [0.25, 0.3) is 0 Å². The van der Waals surface area contributed by atoms with Gasteiger partial charge in [-0.1, -0.05) is 50.2 Å². The first-order chi connectivity index (χ1) is 11.1. The minimum atomic E-state index is -1.26. The van der Waals surface area contributed by atoms with Crippen LogP contribution in [0.2, 0.25) is 0 Å². The van der Waals surface area contributed by atoms with Gasteiger partial charge in [0.1, 0.15) is 0 Å². The normalized spacial score (nSPS) is 10.9. The Bertz CT molecular complexity index is 590. The molecule has 0 spiro atoms. The van der Waals surface area contributed by atoms with Gasteiger partial charge in [-0.3, -0.25) is 0 Å². The Morgan fingerprint density at radius 2 is 1.09 bits per heavy atom. The molecule has 0 heterocycles. The van der Waals surface area contributed by atoms with Crippen LogP contribution >= 0.6 is 0 Å². The number of esters is 2. The van der Waals surface area contributed by atoms with Crippen LogP contribution in [0.3, 0.4) is 0 Å². The summed E-state index contributed by atoms with van der Waals surface area (Å²) in [6, 6.07) is 17.3. The van der Waals surface area contributed by atoms with Gasteiger partial charge in [0.2, 0.25) is 0 Å². The van der Waals surface area contributed by atoms with Crippen LogP contribution in [-0.4, -0.2) is 17.7 Å². The van der Waals surface area contributed by atoms with Crippen molar-refractivity contribution in [3.8, 4) is 0 Å². The van der Waals surface area contributed by atoms with Crippen molar-refractivity contribution in [2.45, 2.75) is 32.5 Å². The Morgan fingerprint density at radius 1 is 0.739 bits per heavy atom. The van der Waals surface area contributed by atoms with E-state index in [0.29, 0.717) is 24.0 Å². The van der Waals surface area contributed by atoms with Crippen LogP contribution in [0, 0.1) is 0 Å². The molecule has 0 amide bonds. The number of hydrogen-bond acceptors (Lipinski definition) is 4. The van der Waals surface area contributed by atoms with E-state index in [1.165, 1.54) is 0 Å². The highest BCUT2D eigenvalue weighted by Crippen LogP contribution is 2.25. The van der Waals surface area contributed by atoms with E-state index in [1.807, 2.05) is 26.0 Å². The molecule has 4 nitrogen and oxygen atoms in total. The van der Waals surface area contributed by atoms with Gasteiger partial charge < -0.3 is 9.47 Å². The maximum Gasteiger partial charge on any atom is 0.341 e. The minimum Gasteiger partial charge on any atom is -0.419 e. The zero-order chi connectivity index (χ0) is 16.7. The van der Waals surface area contributed by atoms with Crippen molar-refractivity contribution in [2.75, 3.05) is 0 Å². The van der Waals surface area contributed by atoms with Crippen molar-refractivity contribution < 1.29 is 19.1 Å². The van der Waals surface area contributed by atoms with E-state index in [9.17, 15) is 9.59 Å². The fourth-order valence-corrected chi connectivity index (χ4v) is 2.16. The molecular weight excluding hydrogens is 292 g/mol. The average molecular weight is 312 g/mol. The standard InChI is InChI=1S/C19H20O4/c1-3-19(4-2,22-17(20)15-11-7-5-8-12-15)23-18(21)16-13-9-6-10-14-16/h5-14H,3-4H2,1-2H3. The lowest BCUT2D eigenvalue weighted by molar-refractivity contribution is -0.172. The molecule has 0 aliphatic heterocycles. The second kappa shape index (κ2) is 7.58. The number of ether oxygens (including phenoxy) is 2. The Balaban J connectivity index is 2.15. The van der Waals surface area contributed by atoms with Crippen LogP contribution in [0.15, 0.2) is 60.7 Å². The van der Waals surface area contributed by atoms with Gasteiger partial charge in [-0.25, -0.2) is 9.59 Å². The van der Waals surface area contributed by atoms with Gasteiger partial charge >= 0.3 is 11.9 Å². The summed E-state index contributed by atoms with van der Waals surface area (Å²) in [5, 5.41) is 0. The second-order valence-corrected chi connectivity index (χ2v) is 5.13. The molecule has 0 unspecified atom stereocenters. The van der Waals surface area contributed by atoms with Crippen molar-refractivity contribution in [3.63, 3.8) is 0 Å². The molecule has 0 N–H and O–H groups in total. The fourth-order valence-electron chi connectivity index (χ4n) is 2.16. The molecule has 0 aliphatic rings. The number of carbonyl (C=O) groups is 2. The van der Waals surface area contributed by atoms with Crippen molar-refractivity contribution in [1.82, 2.24) is 0 Å². The van der Waals surface area contributed by atoms with E-state index in [2.05, 4.69) is 0 Å². The third-order valence-corrected chi connectivity index (χ3v) is 3.65. The third-order valence-electron chi connectivity index (χ3n) is 3.65. The summed E-state index contributed by atoms with van der Waals surface area (Å²) >= 11 is 0. The first-order valence-electron chi connectivity index (χ1n) is 7.67. The molecule has 0 atom stereocenters. The third kappa shape index (κ3) is 4.19. The van der Waals surface area contributed by atoms with Gasteiger partial charge in [0, 0.05) is 12.8 Å². The predicted molar refractivity (Wildman–Crippen MR) is 87.0 cm³/mol. The molecule has 0 saturated carbocycles. The number of carbonyl (C=O) groups excluding carboxylic acids is 2. The van der Waals surface area contributed by atoms with E-state index in [1.54, 1.807) is 48.5 Å². The average Bonchev–Trinajstić information content (AvgIpc) is 2.62. The van der Waals surface area contributed by atoms with E-state index in [0.717, 1.165) is 0 Å². The molecule has 0 fully saturated rings. The molecule has 2 aromatic carbocycles. The fraction of sp³-hybridized carbons (Fsp3) is 0.263. The van der Waals surface area contributed by atoms with Crippen LogP contribution < -0.4 is 0 Å². The Morgan fingerprint density at radius 3 is 1.39 bits per heavy atom. The van der Waals surface area contributed by atoms with Gasteiger partial charge in [-0.2, -0.15) is 0 Å². The lowest BCUT2D eigenvalue weighted by Crippen LogP contribution is -2.39. The number of hydrogen-bond donors (Lipinski definition) is 0. The molecule has 0 saturated heterocycles. The molecule has 0 aromatic heterocycles. The summed E-state index contributed by atoms with van der Waals surface area (Å²) in [7, 11) is 0. The highest BCUT2D eigenvalue weighted by Gasteiger charge is 2.35. The van der Waals surface area contributed by atoms with Gasteiger partial charge in [-0.05, 0) is 24.3 Å². The van der Waals surface area contributed by atoms with Gasteiger partial charge in [0.25, 0.3) is 5.79 Å². The molecule has 4 heteroatoms. The molecule has 120 valence electrons. The van der Waals surface area contributed by atoms with E-state index in [4.69, 9.17) is 9.47 Å². The molecule has 2 rings (SSSR count). The molecule has 2 aromatic rings. The first-order valence-corrected chi connectivity index (χ1v) is 7.67. The van der Waals surface area contributed by atoms with Crippen LogP contribution in [0.5, 0.6) is 0 Å². The van der Waals surface area contributed by atoms with Crippen LogP contribution in [-0.2, 0) is 9.47 Å². The quantitative estimate of drug-likeness (QED) is 0.592. The summed E-state index contributed by atoms with van der Waals surface area (Å²) in [4.78, 5) is 24.6. The smallest absolute Gasteiger partial charge is 0.341 e. The highest BCUT2D eigenvalue weighted by atomic mass is 16.7. The van der Waals surface area contributed by atoms with E-state index >= 15 is 0 Å². The predicted octanol–water partition coefficient (Wildman–Crippen LogP) is 4.22. The van der Waals surface area contributed by atoms with Crippen molar-refractivity contribution in [3.05, 3.63) is 71.8 Å². The Labute approximate surface area is 136 Å². The SMILES string of the molecule is CCC(CC)(OC(=O)c1ccccc1)OC(=O)c1ccccc1. The molecule has 0 aliphatic carbocycles. The van der Waals surface area contributed by atoms with Gasteiger partial charge in [0.05, 0.1) is 11.1 Å². The van der Waals surface area contributed by atoms with Crippen LogP contribution in [0.1, 0.15) is 47.4 Å². The molecule has 23 heavy (non-hydrogen) atoms. The summed E-state index contributed by atoms with van der Waals surface area (Å²) in [6.07, 6.45) is 0.751. The minimum absolute atomic E-state index is 0.376. The summed E-state index contributed by atoms with van der Waals surface area (Å²) < 4.78 is 11.1. The molecule has 0 bridgehead atoms. The van der Waals surface area contributed by atoms with Crippen molar-refractivity contribution in [2.24, 2.45) is 0 Å². The highest BCUT2D eigenvalue weighted by molar-refractivity contribution is 5.91. The monoisotopic (exact) mass is 312 g/mol. The summed E-state index contributed by atoms with van der Waals surface area (Å²) in [5.74, 6) is -2.27. The lowest BCUT2D eigenvalue weighted by Gasteiger charge is -2.31.